The number of nitrogens with zero attached hydrogens (tertiary/aromatic N) is 3. The topological polar surface area (TPSA) is 105 Å². The maximum atomic E-state index is 14.6. The molecule has 0 bridgehead atoms. The molecule has 0 aromatic heterocycles. The third-order valence-corrected chi connectivity index (χ3v) is 9.10. The predicted molar refractivity (Wildman–Crippen MR) is 149 cm³/mol. The van der Waals surface area contributed by atoms with Crippen LogP contribution in [0.3, 0.4) is 0 Å². The van der Waals surface area contributed by atoms with Gasteiger partial charge in [0.25, 0.3) is 0 Å². The summed E-state index contributed by atoms with van der Waals surface area (Å²) in [6, 6.07) is 5.17. The number of ketones is 1. The van der Waals surface area contributed by atoms with Crippen LogP contribution in [0.1, 0.15) is 74.2 Å². The minimum Gasteiger partial charge on any atom is -0.374 e. The Labute approximate surface area is 231 Å². The summed E-state index contributed by atoms with van der Waals surface area (Å²) in [5.74, 6) is -1.16. The molecule has 0 spiro atoms. The van der Waals surface area contributed by atoms with Crippen molar-refractivity contribution in [2.75, 3.05) is 57.4 Å². The van der Waals surface area contributed by atoms with Crippen LogP contribution < -0.4 is 10.6 Å². The molecule has 0 unspecified atom stereocenters. The third kappa shape index (κ3) is 5.72. The first-order valence-electron chi connectivity index (χ1n) is 14.9. The summed E-state index contributed by atoms with van der Waals surface area (Å²) < 4.78 is 11.7. The number of likely N-dealkylation sites (tertiary alicyclic amines) is 1. The molecule has 4 aliphatic rings. The van der Waals surface area contributed by atoms with Gasteiger partial charge in [0.15, 0.2) is 5.78 Å². The van der Waals surface area contributed by atoms with Crippen LogP contribution in [0, 0.1) is 5.92 Å². The molecule has 214 valence electrons. The highest BCUT2D eigenvalue weighted by Crippen LogP contribution is 2.42. The highest BCUT2D eigenvalue weighted by Gasteiger charge is 2.54. The molecule has 1 aliphatic carbocycles. The van der Waals surface area contributed by atoms with E-state index < -0.39 is 24.0 Å². The molecule has 2 amide bonds. The van der Waals surface area contributed by atoms with Crippen LogP contribution in [0.5, 0.6) is 0 Å². The van der Waals surface area contributed by atoms with Crippen LogP contribution in [0.25, 0.3) is 0 Å². The molecule has 1 saturated carbocycles. The number of hydrogen-bond donors (Lipinski definition) is 1. The van der Waals surface area contributed by atoms with Crippen molar-refractivity contribution in [2.24, 2.45) is 11.7 Å². The van der Waals surface area contributed by atoms with Gasteiger partial charge in [0.05, 0.1) is 12.5 Å². The maximum absolute atomic E-state index is 14.6. The molecule has 4 atom stereocenters. The molecule has 1 aromatic carbocycles. The second-order valence-electron chi connectivity index (χ2n) is 11.5. The van der Waals surface area contributed by atoms with Crippen LogP contribution in [-0.4, -0.2) is 98.1 Å². The van der Waals surface area contributed by atoms with Gasteiger partial charge in [-0.05, 0) is 62.4 Å². The summed E-state index contributed by atoms with van der Waals surface area (Å²) in [7, 11) is 0. The van der Waals surface area contributed by atoms with E-state index in [1.807, 2.05) is 19.1 Å². The lowest BCUT2D eigenvalue weighted by Crippen LogP contribution is -2.47. The van der Waals surface area contributed by atoms with Crippen LogP contribution in [0.15, 0.2) is 18.2 Å². The Morgan fingerprint density at radius 2 is 1.85 bits per heavy atom. The number of fused-ring (bicyclic) bond motifs is 1. The number of primary amides is 1. The number of nitrogens with two attached hydrogens (primary N) is 1. The lowest BCUT2D eigenvalue weighted by Gasteiger charge is -2.37. The molecule has 0 radical (unpaired) electrons. The van der Waals surface area contributed by atoms with Crippen LogP contribution >= 0.6 is 0 Å². The average Bonchev–Trinajstić information content (AvgIpc) is 3.51. The van der Waals surface area contributed by atoms with Gasteiger partial charge < -0.3 is 25.0 Å². The van der Waals surface area contributed by atoms with E-state index in [9.17, 15) is 14.4 Å². The molecular weight excluding hydrogens is 496 g/mol. The van der Waals surface area contributed by atoms with Gasteiger partial charge in [-0.3, -0.25) is 19.3 Å². The number of carbonyl (C=O) groups is 3. The van der Waals surface area contributed by atoms with Gasteiger partial charge >= 0.3 is 0 Å². The first-order valence-corrected chi connectivity index (χ1v) is 14.9. The van der Waals surface area contributed by atoms with E-state index in [0.717, 1.165) is 76.9 Å². The fraction of sp³-hybridized carbons (Fsp3) is 0.700. The van der Waals surface area contributed by atoms with Crippen molar-refractivity contribution in [1.82, 2.24) is 9.80 Å². The van der Waals surface area contributed by atoms with E-state index in [1.165, 1.54) is 0 Å². The molecule has 5 rings (SSSR count). The van der Waals surface area contributed by atoms with Crippen LogP contribution in [0.2, 0.25) is 0 Å². The van der Waals surface area contributed by atoms with Gasteiger partial charge in [0.2, 0.25) is 11.8 Å². The Bertz CT molecular complexity index is 1050. The zero-order chi connectivity index (χ0) is 27.5. The highest BCUT2D eigenvalue weighted by molar-refractivity contribution is 5.99. The highest BCUT2D eigenvalue weighted by atomic mass is 16.6. The molecule has 9 heteroatoms. The minimum atomic E-state index is -0.632. The molecule has 4 fully saturated rings. The van der Waals surface area contributed by atoms with E-state index in [2.05, 4.69) is 16.7 Å². The number of piperazine rings is 1. The summed E-state index contributed by atoms with van der Waals surface area (Å²) in [5.41, 5.74) is 8.03. The van der Waals surface area contributed by atoms with Crippen LogP contribution in [-0.2, 0) is 19.1 Å². The summed E-state index contributed by atoms with van der Waals surface area (Å²) >= 11 is 0. The molecule has 3 aliphatic heterocycles. The van der Waals surface area contributed by atoms with Crippen molar-refractivity contribution in [3.63, 3.8) is 0 Å². The second-order valence-corrected chi connectivity index (χ2v) is 11.5. The average molecular weight is 541 g/mol. The van der Waals surface area contributed by atoms with Gasteiger partial charge in [-0.15, -0.1) is 0 Å². The monoisotopic (exact) mass is 540 g/mol. The SMILES string of the molecule is CCCN1CCN(c2ccc(C(N)=O)c([C@@H](C(=O)N3C[C@H](OCC)[C@H]4OCC(=O)[C@H]43)C3CCCCC3)c2)CC1. The number of carbonyl (C=O) groups excluding carboxylic acids is 3. The molecule has 9 nitrogen and oxygen atoms in total. The molecule has 3 saturated heterocycles. The van der Waals surface area contributed by atoms with E-state index in [0.29, 0.717) is 24.3 Å². The van der Waals surface area contributed by atoms with Crippen molar-refractivity contribution in [2.45, 2.75) is 76.5 Å². The number of Topliss-reactive ketones (excluding diaryl/α,β-unsaturated/α-hetero) is 1. The Morgan fingerprint density at radius 3 is 2.51 bits per heavy atom. The van der Waals surface area contributed by atoms with Crippen molar-refractivity contribution in [3.05, 3.63) is 29.3 Å². The minimum absolute atomic E-state index is 0.00279. The van der Waals surface area contributed by atoms with Crippen LogP contribution in [0.4, 0.5) is 5.69 Å². The zero-order valence-electron chi connectivity index (χ0n) is 23.5. The van der Waals surface area contributed by atoms with Crippen molar-refractivity contribution in [3.8, 4) is 0 Å². The molecule has 1 aromatic rings. The second kappa shape index (κ2) is 12.4. The summed E-state index contributed by atoms with van der Waals surface area (Å²) in [6.45, 7) is 9.80. The largest absolute Gasteiger partial charge is 0.374 e. The number of anilines is 1. The Morgan fingerprint density at radius 1 is 1.10 bits per heavy atom. The normalized spacial score (nSPS) is 27.1. The zero-order valence-corrected chi connectivity index (χ0v) is 23.5. The van der Waals surface area contributed by atoms with Crippen molar-refractivity contribution >= 4 is 23.3 Å². The number of hydrogen-bond acceptors (Lipinski definition) is 7. The smallest absolute Gasteiger partial charge is 0.249 e. The lowest BCUT2D eigenvalue weighted by atomic mass is 9.74. The summed E-state index contributed by atoms with van der Waals surface area (Å²) in [5, 5.41) is 0. The van der Waals surface area contributed by atoms with Gasteiger partial charge in [0.1, 0.15) is 24.9 Å². The predicted octanol–water partition coefficient (Wildman–Crippen LogP) is 2.57. The molecule has 2 N–H and O–H groups in total. The number of rotatable bonds is 9. The van der Waals surface area contributed by atoms with Crippen molar-refractivity contribution in [1.29, 1.82) is 0 Å². The summed E-state index contributed by atoms with van der Waals surface area (Å²) in [6.07, 6.45) is 5.45. The van der Waals surface area contributed by atoms with E-state index in [1.54, 1.807) is 11.0 Å². The standard InChI is InChI=1S/C30H44N4O5/c1-3-12-32-13-15-33(16-14-32)21-10-11-22(29(31)36)23(17-21)26(20-8-6-5-7-9-20)30(37)34-18-25(38-4-2)28-27(34)24(35)19-39-28/h10-11,17,20,25-28H,3-9,12-16,18-19H2,1-2H3,(H2,31,36)/t25-,26-,27+,28+/m0/s1. The Kier molecular flexibility index (Phi) is 8.89. The quantitative estimate of drug-likeness (QED) is 0.513. The van der Waals surface area contributed by atoms with E-state index in [4.69, 9.17) is 15.2 Å². The van der Waals surface area contributed by atoms with E-state index in [-0.39, 0.29) is 30.3 Å². The number of amides is 2. The van der Waals surface area contributed by atoms with Gasteiger partial charge in [-0.25, -0.2) is 0 Å². The first-order chi connectivity index (χ1) is 18.9. The molecular formula is C30H44N4O5. The number of ether oxygens (including phenoxy) is 2. The van der Waals surface area contributed by atoms with Gasteiger partial charge in [-0.1, -0.05) is 26.2 Å². The fourth-order valence-corrected chi connectivity index (χ4v) is 7.21. The summed E-state index contributed by atoms with van der Waals surface area (Å²) in [4.78, 5) is 46.7. The Hall–Kier alpha value is -2.49. The molecule has 39 heavy (non-hydrogen) atoms. The lowest BCUT2D eigenvalue weighted by molar-refractivity contribution is -0.139. The van der Waals surface area contributed by atoms with Crippen molar-refractivity contribution < 1.29 is 23.9 Å². The maximum Gasteiger partial charge on any atom is 0.249 e. The first kappa shape index (κ1) is 28.1. The van der Waals surface area contributed by atoms with E-state index >= 15 is 0 Å². The Balaban J connectivity index is 1.50. The third-order valence-electron chi connectivity index (χ3n) is 9.10. The van der Waals surface area contributed by atoms with Gasteiger partial charge in [0, 0.05) is 44.0 Å². The number of benzene rings is 1. The fourth-order valence-electron chi connectivity index (χ4n) is 7.21. The molecule has 3 heterocycles. The van der Waals surface area contributed by atoms with Gasteiger partial charge in [-0.2, -0.15) is 0 Å².